The Balaban J connectivity index is 2.85. The highest BCUT2D eigenvalue weighted by atomic mass is 79.9. The number of pyridine rings is 1. The van der Waals surface area contributed by atoms with E-state index in [1.54, 1.807) is 12.1 Å². The molecule has 1 rings (SSSR count). The minimum atomic E-state index is -0.270. The standard InChI is InChI=1S/C12H11BrN4O/c13-10-4-1-7-16-11(10)12(18)17(8-2-5-14)9-3-6-15/h1,4,7H,2-3,8-9H2. The zero-order valence-corrected chi connectivity index (χ0v) is 11.2. The number of carbonyl (C=O) groups excluding carboxylic acids is 1. The number of hydrogen-bond donors (Lipinski definition) is 0. The van der Waals surface area contributed by atoms with Gasteiger partial charge in [-0.3, -0.25) is 4.79 Å². The smallest absolute Gasteiger partial charge is 0.273 e. The van der Waals surface area contributed by atoms with E-state index in [-0.39, 0.29) is 18.7 Å². The van der Waals surface area contributed by atoms with Crippen molar-refractivity contribution in [3.63, 3.8) is 0 Å². The molecule has 0 aliphatic carbocycles. The number of nitriles is 2. The Morgan fingerprint density at radius 3 is 2.44 bits per heavy atom. The molecule has 1 aromatic rings. The number of nitrogens with zero attached hydrogens (tertiary/aromatic N) is 4. The molecule has 0 unspecified atom stereocenters. The van der Waals surface area contributed by atoms with Gasteiger partial charge in [-0.15, -0.1) is 0 Å². The lowest BCUT2D eigenvalue weighted by molar-refractivity contribution is 0.0755. The average Bonchev–Trinajstić information content (AvgIpc) is 2.39. The lowest BCUT2D eigenvalue weighted by Crippen LogP contribution is -2.33. The molecule has 0 N–H and O–H groups in total. The van der Waals surface area contributed by atoms with Crippen molar-refractivity contribution in [3.8, 4) is 12.1 Å². The van der Waals surface area contributed by atoms with Crippen LogP contribution in [0, 0.1) is 22.7 Å². The van der Waals surface area contributed by atoms with E-state index in [1.165, 1.54) is 11.1 Å². The van der Waals surface area contributed by atoms with Crippen molar-refractivity contribution in [2.75, 3.05) is 13.1 Å². The number of aromatic nitrogens is 1. The third-order valence-electron chi connectivity index (χ3n) is 2.24. The summed E-state index contributed by atoms with van der Waals surface area (Å²) in [5, 5.41) is 17.1. The zero-order valence-electron chi connectivity index (χ0n) is 9.64. The molecule has 0 saturated carbocycles. The number of amides is 1. The van der Waals surface area contributed by atoms with Gasteiger partial charge >= 0.3 is 0 Å². The maximum atomic E-state index is 12.2. The molecule has 1 amide bonds. The summed E-state index contributed by atoms with van der Waals surface area (Å²) in [5.41, 5.74) is 0.299. The molecule has 5 nitrogen and oxygen atoms in total. The van der Waals surface area contributed by atoms with E-state index in [2.05, 4.69) is 20.9 Å². The van der Waals surface area contributed by atoms with Crippen LogP contribution < -0.4 is 0 Å². The SMILES string of the molecule is N#CCCN(CCC#N)C(=O)c1ncccc1Br. The van der Waals surface area contributed by atoms with Gasteiger partial charge in [0, 0.05) is 23.8 Å². The molecule has 92 valence electrons. The van der Waals surface area contributed by atoms with Crippen molar-refractivity contribution in [1.29, 1.82) is 10.5 Å². The molecule has 0 aliphatic rings. The topological polar surface area (TPSA) is 80.8 Å². The second-order valence-corrected chi connectivity index (χ2v) is 4.30. The first-order chi connectivity index (χ1) is 8.70. The first kappa shape index (κ1) is 14.1. The fourth-order valence-electron chi connectivity index (χ4n) is 1.38. The number of hydrogen-bond acceptors (Lipinski definition) is 4. The average molecular weight is 307 g/mol. The van der Waals surface area contributed by atoms with Gasteiger partial charge in [-0.1, -0.05) is 0 Å². The van der Waals surface area contributed by atoms with Crippen LogP contribution in [0.5, 0.6) is 0 Å². The van der Waals surface area contributed by atoms with Crippen LogP contribution >= 0.6 is 15.9 Å². The van der Waals surface area contributed by atoms with Crippen molar-refractivity contribution in [3.05, 3.63) is 28.5 Å². The Labute approximate surface area is 114 Å². The molecule has 0 atom stereocenters. The molecule has 1 heterocycles. The van der Waals surface area contributed by atoms with Crippen LogP contribution in [-0.2, 0) is 0 Å². The molecule has 0 spiro atoms. The minimum Gasteiger partial charge on any atom is -0.335 e. The number of halogens is 1. The van der Waals surface area contributed by atoms with E-state index in [4.69, 9.17) is 10.5 Å². The Kier molecular flexibility index (Phi) is 5.83. The van der Waals surface area contributed by atoms with Crippen molar-refractivity contribution in [2.45, 2.75) is 12.8 Å². The highest BCUT2D eigenvalue weighted by molar-refractivity contribution is 9.10. The van der Waals surface area contributed by atoms with Crippen LogP contribution in [0.4, 0.5) is 0 Å². The van der Waals surface area contributed by atoms with E-state index in [9.17, 15) is 4.79 Å². The van der Waals surface area contributed by atoms with Gasteiger partial charge in [0.15, 0.2) is 0 Å². The fraction of sp³-hybridized carbons (Fsp3) is 0.333. The van der Waals surface area contributed by atoms with Gasteiger partial charge in [-0.05, 0) is 28.1 Å². The van der Waals surface area contributed by atoms with Gasteiger partial charge in [0.2, 0.25) is 0 Å². The van der Waals surface area contributed by atoms with E-state index in [1.807, 2.05) is 12.1 Å². The minimum absolute atomic E-state index is 0.238. The van der Waals surface area contributed by atoms with Crippen molar-refractivity contribution >= 4 is 21.8 Å². The first-order valence-electron chi connectivity index (χ1n) is 5.34. The summed E-state index contributed by atoms with van der Waals surface area (Å²) in [4.78, 5) is 17.7. The van der Waals surface area contributed by atoms with Gasteiger partial charge in [0.25, 0.3) is 5.91 Å². The fourth-order valence-corrected chi connectivity index (χ4v) is 1.80. The summed E-state index contributed by atoms with van der Waals surface area (Å²) in [6.45, 7) is 0.611. The molecule has 0 fully saturated rings. The molecular formula is C12H11BrN4O. The summed E-state index contributed by atoms with van der Waals surface area (Å²) in [6.07, 6.45) is 2.01. The Hall–Kier alpha value is -1.92. The lowest BCUT2D eigenvalue weighted by Gasteiger charge is -2.20. The van der Waals surface area contributed by atoms with E-state index >= 15 is 0 Å². The second kappa shape index (κ2) is 7.41. The Morgan fingerprint density at radius 2 is 1.94 bits per heavy atom. The molecule has 0 aromatic carbocycles. The van der Waals surface area contributed by atoms with Crippen LogP contribution in [0.25, 0.3) is 0 Å². The number of carbonyl (C=O) groups is 1. The maximum Gasteiger partial charge on any atom is 0.273 e. The van der Waals surface area contributed by atoms with E-state index < -0.39 is 0 Å². The van der Waals surface area contributed by atoms with Crippen LogP contribution in [-0.4, -0.2) is 28.9 Å². The molecule has 0 aliphatic heterocycles. The third-order valence-corrected chi connectivity index (χ3v) is 2.88. The molecule has 0 saturated heterocycles. The highest BCUT2D eigenvalue weighted by Gasteiger charge is 2.18. The lowest BCUT2D eigenvalue weighted by atomic mass is 10.2. The van der Waals surface area contributed by atoms with Crippen molar-refractivity contribution in [1.82, 2.24) is 9.88 Å². The predicted molar refractivity (Wildman–Crippen MR) is 68.3 cm³/mol. The van der Waals surface area contributed by atoms with Crippen LogP contribution in [0.3, 0.4) is 0 Å². The molecule has 0 bridgehead atoms. The summed E-state index contributed by atoms with van der Waals surface area (Å²) < 4.78 is 0.605. The quantitative estimate of drug-likeness (QED) is 0.834. The first-order valence-corrected chi connectivity index (χ1v) is 6.13. The van der Waals surface area contributed by atoms with Gasteiger partial charge < -0.3 is 4.90 Å². The van der Waals surface area contributed by atoms with Crippen LogP contribution in [0.2, 0.25) is 0 Å². The van der Waals surface area contributed by atoms with Crippen LogP contribution in [0.1, 0.15) is 23.3 Å². The summed E-state index contributed by atoms with van der Waals surface area (Å²) in [5.74, 6) is -0.270. The number of rotatable bonds is 5. The Bertz CT molecular complexity index is 486. The molecular weight excluding hydrogens is 296 g/mol. The Morgan fingerprint density at radius 1 is 1.33 bits per heavy atom. The van der Waals surface area contributed by atoms with Gasteiger partial charge in [0.1, 0.15) is 5.69 Å². The van der Waals surface area contributed by atoms with Gasteiger partial charge in [-0.25, -0.2) is 4.98 Å². The zero-order chi connectivity index (χ0) is 13.4. The maximum absolute atomic E-state index is 12.2. The van der Waals surface area contributed by atoms with E-state index in [0.29, 0.717) is 23.3 Å². The third kappa shape index (κ3) is 3.83. The molecule has 6 heteroatoms. The van der Waals surface area contributed by atoms with Gasteiger partial charge in [-0.2, -0.15) is 10.5 Å². The van der Waals surface area contributed by atoms with Crippen LogP contribution in [0.15, 0.2) is 22.8 Å². The largest absolute Gasteiger partial charge is 0.335 e. The summed E-state index contributed by atoms with van der Waals surface area (Å²) in [7, 11) is 0. The predicted octanol–water partition coefficient (Wildman–Crippen LogP) is 2.11. The van der Waals surface area contributed by atoms with Crippen molar-refractivity contribution < 1.29 is 4.79 Å². The second-order valence-electron chi connectivity index (χ2n) is 3.44. The molecule has 1 aromatic heterocycles. The highest BCUT2D eigenvalue weighted by Crippen LogP contribution is 2.15. The molecule has 18 heavy (non-hydrogen) atoms. The van der Waals surface area contributed by atoms with Crippen molar-refractivity contribution in [2.24, 2.45) is 0 Å². The normalized spacial score (nSPS) is 9.28. The summed E-state index contributed by atoms with van der Waals surface area (Å²) in [6, 6.07) is 7.42. The monoisotopic (exact) mass is 306 g/mol. The molecule has 0 radical (unpaired) electrons. The summed E-state index contributed by atoms with van der Waals surface area (Å²) >= 11 is 3.26. The van der Waals surface area contributed by atoms with Gasteiger partial charge in [0.05, 0.1) is 25.0 Å². The van der Waals surface area contributed by atoms with E-state index in [0.717, 1.165) is 0 Å².